The van der Waals surface area contributed by atoms with Crippen LogP contribution in [0.25, 0.3) is 0 Å². The van der Waals surface area contributed by atoms with Gasteiger partial charge in [-0.3, -0.25) is 0 Å². The molecule has 0 bridgehead atoms. The van der Waals surface area contributed by atoms with Crippen LogP contribution in [0.15, 0.2) is 30.3 Å². The summed E-state index contributed by atoms with van der Waals surface area (Å²) in [5.74, 6) is -1.09. The van der Waals surface area contributed by atoms with Crippen LogP contribution in [-0.4, -0.2) is 30.1 Å². The molecule has 0 N–H and O–H groups in total. The van der Waals surface area contributed by atoms with E-state index in [9.17, 15) is 14.7 Å². The van der Waals surface area contributed by atoms with Crippen molar-refractivity contribution in [2.24, 2.45) is 5.92 Å². The van der Waals surface area contributed by atoms with Crippen molar-refractivity contribution in [3.05, 3.63) is 35.9 Å². The molecule has 0 saturated carbocycles. The van der Waals surface area contributed by atoms with E-state index >= 15 is 0 Å². The first-order chi connectivity index (χ1) is 9.65. The topological polar surface area (TPSA) is 69.7 Å². The standard InChI is InChI=1S/C15H19NO4/c17-14(18)9-13-7-4-8-16(10-13)15(19)20-11-12-5-2-1-3-6-12/h1-3,5-6,13H,4,7-11H2,(H,17,18)/p-1/t13-/m1/s1. The predicted octanol–water partition coefficient (Wildman–Crippen LogP) is 1.18. The van der Waals surface area contributed by atoms with Crippen LogP contribution >= 0.6 is 0 Å². The van der Waals surface area contributed by atoms with Gasteiger partial charge in [0.2, 0.25) is 0 Å². The molecule has 1 aliphatic rings. The maximum Gasteiger partial charge on any atom is 0.410 e. The van der Waals surface area contributed by atoms with Crippen LogP contribution in [0.4, 0.5) is 4.79 Å². The molecule has 0 radical (unpaired) electrons. The summed E-state index contributed by atoms with van der Waals surface area (Å²) in [6, 6.07) is 9.46. The van der Waals surface area contributed by atoms with Gasteiger partial charge in [0.15, 0.2) is 0 Å². The first-order valence-corrected chi connectivity index (χ1v) is 6.80. The number of nitrogens with zero attached hydrogens (tertiary/aromatic N) is 1. The maximum atomic E-state index is 11.9. The molecular weight excluding hydrogens is 258 g/mol. The Hall–Kier alpha value is -2.04. The fourth-order valence-corrected chi connectivity index (χ4v) is 2.44. The quantitative estimate of drug-likeness (QED) is 0.828. The van der Waals surface area contributed by atoms with E-state index in [2.05, 4.69) is 0 Å². The lowest BCUT2D eigenvalue weighted by atomic mass is 9.95. The van der Waals surface area contributed by atoms with Crippen molar-refractivity contribution in [1.82, 2.24) is 4.90 Å². The first-order valence-electron chi connectivity index (χ1n) is 6.80. The molecule has 1 atom stereocenters. The number of benzene rings is 1. The molecule has 5 heteroatoms. The number of amides is 1. The number of carboxylic acid groups (broad SMARTS) is 1. The highest BCUT2D eigenvalue weighted by Crippen LogP contribution is 2.20. The Morgan fingerprint density at radius 3 is 2.75 bits per heavy atom. The fourth-order valence-electron chi connectivity index (χ4n) is 2.44. The van der Waals surface area contributed by atoms with Gasteiger partial charge in [0.25, 0.3) is 0 Å². The van der Waals surface area contributed by atoms with Crippen molar-refractivity contribution in [2.45, 2.75) is 25.9 Å². The smallest absolute Gasteiger partial charge is 0.410 e. The minimum Gasteiger partial charge on any atom is -0.550 e. The number of carbonyl (C=O) groups is 2. The second kappa shape index (κ2) is 6.93. The summed E-state index contributed by atoms with van der Waals surface area (Å²) < 4.78 is 5.24. The summed E-state index contributed by atoms with van der Waals surface area (Å²) in [6.07, 6.45) is 1.24. The van der Waals surface area contributed by atoms with Gasteiger partial charge in [-0.2, -0.15) is 0 Å². The molecule has 0 unspecified atom stereocenters. The zero-order valence-corrected chi connectivity index (χ0v) is 11.3. The number of aliphatic carboxylic acids is 1. The molecule has 108 valence electrons. The third kappa shape index (κ3) is 4.26. The Kier molecular flexibility index (Phi) is 4.98. The normalized spacial score (nSPS) is 18.6. The number of hydrogen-bond donors (Lipinski definition) is 0. The van der Waals surface area contributed by atoms with E-state index < -0.39 is 5.97 Å². The molecule has 0 spiro atoms. The molecule has 5 nitrogen and oxygen atoms in total. The zero-order valence-electron chi connectivity index (χ0n) is 11.3. The van der Waals surface area contributed by atoms with E-state index in [1.807, 2.05) is 30.3 Å². The second-order valence-electron chi connectivity index (χ2n) is 5.07. The van der Waals surface area contributed by atoms with Crippen molar-refractivity contribution < 1.29 is 19.4 Å². The van der Waals surface area contributed by atoms with Gasteiger partial charge in [-0.15, -0.1) is 0 Å². The van der Waals surface area contributed by atoms with E-state index in [1.165, 1.54) is 0 Å². The fraction of sp³-hybridized carbons (Fsp3) is 0.467. The van der Waals surface area contributed by atoms with E-state index in [4.69, 9.17) is 4.74 Å². The zero-order chi connectivity index (χ0) is 14.4. The lowest BCUT2D eigenvalue weighted by Crippen LogP contribution is -2.41. The lowest BCUT2D eigenvalue weighted by Gasteiger charge is -2.32. The van der Waals surface area contributed by atoms with Gasteiger partial charge >= 0.3 is 6.09 Å². The Labute approximate surface area is 118 Å². The number of rotatable bonds is 4. The van der Waals surface area contributed by atoms with Gasteiger partial charge in [-0.05, 0) is 30.7 Å². The summed E-state index contributed by atoms with van der Waals surface area (Å²) in [5, 5.41) is 10.6. The highest BCUT2D eigenvalue weighted by atomic mass is 16.6. The highest BCUT2D eigenvalue weighted by Gasteiger charge is 2.24. The molecular formula is C15H18NO4-. The molecule has 1 saturated heterocycles. The van der Waals surface area contributed by atoms with Crippen LogP contribution in [0.3, 0.4) is 0 Å². The average Bonchev–Trinajstić information content (AvgIpc) is 2.45. The van der Waals surface area contributed by atoms with Crippen molar-refractivity contribution in [1.29, 1.82) is 0 Å². The number of likely N-dealkylation sites (tertiary alicyclic amines) is 1. The Morgan fingerprint density at radius 2 is 2.05 bits per heavy atom. The first kappa shape index (κ1) is 14.4. The third-order valence-corrected chi connectivity index (χ3v) is 3.44. The summed E-state index contributed by atoms with van der Waals surface area (Å²) in [5.41, 5.74) is 0.934. The maximum absolute atomic E-state index is 11.9. The largest absolute Gasteiger partial charge is 0.550 e. The van der Waals surface area contributed by atoms with Gasteiger partial charge in [0, 0.05) is 19.1 Å². The molecule has 1 aromatic rings. The van der Waals surface area contributed by atoms with Crippen molar-refractivity contribution in [3.8, 4) is 0 Å². The van der Waals surface area contributed by atoms with Crippen LogP contribution in [0.1, 0.15) is 24.8 Å². The predicted molar refractivity (Wildman–Crippen MR) is 70.5 cm³/mol. The molecule has 20 heavy (non-hydrogen) atoms. The third-order valence-electron chi connectivity index (χ3n) is 3.44. The molecule has 1 aromatic carbocycles. The van der Waals surface area contributed by atoms with Crippen LogP contribution < -0.4 is 5.11 Å². The monoisotopic (exact) mass is 276 g/mol. The summed E-state index contributed by atoms with van der Waals surface area (Å²) in [4.78, 5) is 24.1. The number of ether oxygens (including phenoxy) is 1. The summed E-state index contributed by atoms with van der Waals surface area (Å²) >= 11 is 0. The van der Waals surface area contributed by atoms with E-state index in [0.717, 1.165) is 18.4 Å². The highest BCUT2D eigenvalue weighted by molar-refractivity contribution is 5.68. The van der Waals surface area contributed by atoms with Gasteiger partial charge in [0.1, 0.15) is 6.61 Å². The average molecular weight is 276 g/mol. The number of carboxylic acids is 1. The number of hydrogen-bond acceptors (Lipinski definition) is 4. The van der Waals surface area contributed by atoms with Gasteiger partial charge in [-0.25, -0.2) is 4.79 Å². The van der Waals surface area contributed by atoms with Gasteiger partial charge < -0.3 is 19.5 Å². The molecule has 0 aromatic heterocycles. The van der Waals surface area contributed by atoms with Gasteiger partial charge in [0.05, 0.1) is 0 Å². The minimum atomic E-state index is -1.06. The molecule has 2 rings (SSSR count). The number of carbonyl (C=O) groups excluding carboxylic acids is 2. The molecule has 1 fully saturated rings. The Morgan fingerprint density at radius 1 is 1.30 bits per heavy atom. The van der Waals surface area contributed by atoms with Crippen LogP contribution in [0.2, 0.25) is 0 Å². The molecule has 1 heterocycles. The second-order valence-corrected chi connectivity index (χ2v) is 5.07. The van der Waals surface area contributed by atoms with Crippen molar-refractivity contribution in [2.75, 3.05) is 13.1 Å². The Bertz CT molecular complexity index is 460. The van der Waals surface area contributed by atoms with E-state index in [0.29, 0.717) is 13.1 Å². The van der Waals surface area contributed by atoms with E-state index in [1.54, 1.807) is 4.90 Å². The summed E-state index contributed by atoms with van der Waals surface area (Å²) in [7, 11) is 0. The van der Waals surface area contributed by atoms with Gasteiger partial charge in [-0.1, -0.05) is 30.3 Å². The van der Waals surface area contributed by atoms with Crippen molar-refractivity contribution >= 4 is 12.1 Å². The van der Waals surface area contributed by atoms with Crippen molar-refractivity contribution in [3.63, 3.8) is 0 Å². The molecule has 0 aliphatic carbocycles. The van der Waals surface area contributed by atoms with E-state index in [-0.39, 0.29) is 25.0 Å². The van der Waals surface area contributed by atoms with Crippen LogP contribution in [0.5, 0.6) is 0 Å². The molecule has 1 amide bonds. The minimum absolute atomic E-state index is 0.00245. The number of piperidine rings is 1. The Balaban J connectivity index is 1.81. The van der Waals surface area contributed by atoms with Crippen LogP contribution in [0, 0.1) is 5.92 Å². The molecule has 1 aliphatic heterocycles. The SMILES string of the molecule is O=C([O-])C[C@H]1CCCN(C(=O)OCc2ccccc2)C1. The van der Waals surface area contributed by atoms with Crippen LogP contribution in [-0.2, 0) is 16.1 Å². The summed E-state index contributed by atoms with van der Waals surface area (Å²) in [6.45, 7) is 1.29. The lowest BCUT2D eigenvalue weighted by molar-refractivity contribution is -0.307.